The molecule has 0 bridgehead atoms. The number of rotatable bonds is 16. The Hall–Kier alpha value is -4.66. The van der Waals surface area contributed by atoms with Crippen LogP contribution in [-0.2, 0) is 95.2 Å². The molecule has 10 atom stereocenters. The van der Waals surface area contributed by atoms with Crippen molar-refractivity contribution in [3.63, 3.8) is 0 Å². The van der Waals surface area contributed by atoms with Gasteiger partial charge in [-0.3, -0.25) is 33.6 Å². The highest BCUT2D eigenvalue weighted by Crippen LogP contribution is 2.35. The lowest BCUT2D eigenvalue weighted by Crippen LogP contribution is -2.67. The van der Waals surface area contributed by atoms with E-state index in [4.69, 9.17) is 56.8 Å². The van der Waals surface area contributed by atoms with Crippen LogP contribution in [0.3, 0.4) is 0 Å². The number of ether oxygens (including phenoxy) is 12. The number of hydrogen-bond donors (Lipinski definition) is 0. The molecule has 2 aliphatic heterocycles. The van der Waals surface area contributed by atoms with Gasteiger partial charge in [0.15, 0.2) is 43.1 Å². The molecule has 0 spiro atoms. The van der Waals surface area contributed by atoms with Gasteiger partial charge in [-0.25, -0.2) is 4.79 Å². The number of esters is 8. The van der Waals surface area contributed by atoms with Gasteiger partial charge in [-0.05, 0) is 6.92 Å². The molecule has 2 fully saturated rings. The topological polar surface area (TPSA) is 247 Å². The molecule has 0 aliphatic carbocycles. The van der Waals surface area contributed by atoms with Crippen molar-refractivity contribution in [1.29, 1.82) is 0 Å². The predicted octanol–water partition coefficient (Wildman–Crippen LogP) is -0.258. The van der Waals surface area contributed by atoms with Crippen molar-refractivity contribution < 1.29 is 95.2 Å². The highest BCUT2D eigenvalue weighted by Gasteiger charge is 2.57. The van der Waals surface area contributed by atoms with Crippen molar-refractivity contribution in [1.82, 2.24) is 0 Å². The second-order valence-electron chi connectivity index (χ2n) is 11.4. The summed E-state index contributed by atoms with van der Waals surface area (Å²) >= 11 is 0. The lowest BCUT2D eigenvalue weighted by molar-refractivity contribution is -0.361. The molecule has 292 valence electrons. The quantitative estimate of drug-likeness (QED) is 0.0854. The van der Waals surface area contributed by atoms with Crippen molar-refractivity contribution in [3.05, 3.63) is 12.2 Å². The smallest absolute Gasteiger partial charge is 0.333 e. The minimum atomic E-state index is -1.83. The standard InChI is InChI=1S/C32H44O20/c1-14(2)30(40)41-10-11-42-31-28(48-20(8)38)27(47-19(7)37)25(23(50-31)13-44-16(4)34)52-32-29(49-21(9)39)26(46-18(6)36)24(45-17(5)35)22(51-32)12-43-15(3)33/h22-29,31-32H,1,10-13H2,2-9H3/t22-,23-,24+,25-,26+,27+,28-,29-,31-,32+/m1/s1. The summed E-state index contributed by atoms with van der Waals surface area (Å²) < 4.78 is 66.6. The van der Waals surface area contributed by atoms with Gasteiger partial charge >= 0.3 is 47.8 Å². The van der Waals surface area contributed by atoms with Crippen LogP contribution >= 0.6 is 0 Å². The van der Waals surface area contributed by atoms with Crippen LogP contribution < -0.4 is 0 Å². The summed E-state index contributed by atoms with van der Waals surface area (Å²) in [5.74, 6) is -6.79. The molecule has 0 radical (unpaired) electrons. The van der Waals surface area contributed by atoms with Gasteiger partial charge < -0.3 is 56.8 Å². The zero-order valence-electron chi connectivity index (χ0n) is 30.0. The zero-order valence-corrected chi connectivity index (χ0v) is 30.0. The van der Waals surface area contributed by atoms with E-state index in [1.54, 1.807) is 0 Å². The lowest BCUT2D eigenvalue weighted by atomic mass is 9.96. The number of carbonyl (C=O) groups is 8. The maximum Gasteiger partial charge on any atom is 0.333 e. The van der Waals surface area contributed by atoms with Crippen molar-refractivity contribution in [3.8, 4) is 0 Å². The molecule has 2 aliphatic rings. The molecule has 0 unspecified atom stereocenters. The van der Waals surface area contributed by atoms with Gasteiger partial charge in [0.1, 0.15) is 38.1 Å². The average Bonchev–Trinajstić information content (AvgIpc) is 3.01. The first-order valence-corrected chi connectivity index (χ1v) is 15.8. The van der Waals surface area contributed by atoms with Crippen LogP contribution in [0.2, 0.25) is 0 Å². The van der Waals surface area contributed by atoms with Gasteiger partial charge in [-0.15, -0.1) is 0 Å². The molecule has 0 saturated carbocycles. The minimum Gasteiger partial charge on any atom is -0.463 e. The Kier molecular flexibility index (Phi) is 17.1. The molecule has 2 rings (SSSR count). The average molecular weight is 749 g/mol. The predicted molar refractivity (Wildman–Crippen MR) is 165 cm³/mol. The van der Waals surface area contributed by atoms with Gasteiger partial charge in [-0.1, -0.05) is 6.58 Å². The SMILES string of the molecule is C=C(C)C(=O)OCCO[C@@H]1O[C@H](COC(C)=O)[C@@H](O[C@@H]2O[C@H](COC(C)=O)[C@H](OC(C)=O)[C@H](OC(C)=O)[C@H]2OC(C)=O)[C@H](OC(C)=O)[C@H]1OC(C)=O. The van der Waals surface area contributed by atoms with Crippen molar-refractivity contribution >= 4 is 47.8 Å². The van der Waals surface area contributed by atoms with E-state index in [-0.39, 0.29) is 18.8 Å². The van der Waals surface area contributed by atoms with E-state index in [0.717, 1.165) is 48.5 Å². The van der Waals surface area contributed by atoms with Gasteiger partial charge in [0, 0.05) is 54.0 Å². The van der Waals surface area contributed by atoms with Gasteiger partial charge in [-0.2, -0.15) is 0 Å². The first-order valence-electron chi connectivity index (χ1n) is 15.8. The largest absolute Gasteiger partial charge is 0.463 e. The third-order valence-corrected chi connectivity index (χ3v) is 6.83. The fourth-order valence-corrected chi connectivity index (χ4v) is 5.03. The number of carbonyl (C=O) groups excluding carboxylic acids is 8. The third kappa shape index (κ3) is 13.8. The van der Waals surface area contributed by atoms with E-state index in [2.05, 4.69) is 6.58 Å². The van der Waals surface area contributed by atoms with Crippen LogP contribution in [-0.4, -0.2) is 136 Å². The summed E-state index contributed by atoms with van der Waals surface area (Å²) in [4.78, 5) is 97.1. The lowest BCUT2D eigenvalue weighted by Gasteiger charge is -2.48. The summed E-state index contributed by atoms with van der Waals surface area (Å²) in [5, 5.41) is 0. The minimum absolute atomic E-state index is 0.116. The Morgan fingerprint density at radius 1 is 0.462 bits per heavy atom. The molecule has 52 heavy (non-hydrogen) atoms. The van der Waals surface area contributed by atoms with Gasteiger partial charge in [0.2, 0.25) is 0 Å². The highest BCUT2D eigenvalue weighted by atomic mass is 16.8. The summed E-state index contributed by atoms with van der Waals surface area (Å²) in [7, 11) is 0. The maximum atomic E-state index is 12.5. The molecule has 0 aromatic rings. The van der Waals surface area contributed by atoms with Crippen molar-refractivity contribution in [2.45, 2.75) is 117 Å². The van der Waals surface area contributed by atoms with E-state index in [0.29, 0.717) is 0 Å². The van der Waals surface area contributed by atoms with Crippen LogP contribution in [0, 0.1) is 0 Å². The maximum absolute atomic E-state index is 12.5. The zero-order chi connectivity index (χ0) is 39.3. The van der Waals surface area contributed by atoms with E-state index in [1.807, 2.05) is 0 Å². The second-order valence-corrected chi connectivity index (χ2v) is 11.4. The molecular formula is C32H44O20. The Bertz CT molecular complexity index is 1340. The van der Waals surface area contributed by atoms with Crippen LogP contribution in [0.4, 0.5) is 0 Å². The first-order chi connectivity index (χ1) is 24.3. The van der Waals surface area contributed by atoms with Crippen LogP contribution in [0.15, 0.2) is 12.2 Å². The summed E-state index contributed by atoms with van der Waals surface area (Å²) in [6.07, 6.45) is -16.0. The third-order valence-electron chi connectivity index (χ3n) is 6.83. The Morgan fingerprint density at radius 2 is 0.846 bits per heavy atom. The molecule has 20 nitrogen and oxygen atoms in total. The summed E-state index contributed by atoms with van der Waals surface area (Å²) in [6.45, 7) is 10.4. The molecule has 2 saturated heterocycles. The van der Waals surface area contributed by atoms with Crippen molar-refractivity contribution in [2.75, 3.05) is 26.4 Å². The fraction of sp³-hybridized carbons (Fsp3) is 0.688. The molecule has 0 aromatic heterocycles. The van der Waals surface area contributed by atoms with Crippen LogP contribution in [0.5, 0.6) is 0 Å². The summed E-state index contributed by atoms with van der Waals surface area (Å²) in [5.41, 5.74) is 0.116. The monoisotopic (exact) mass is 748 g/mol. The molecule has 2 heterocycles. The van der Waals surface area contributed by atoms with Crippen molar-refractivity contribution in [2.24, 2.45) is 0 Å². The van der Waals surface area contributed by atoms with E-state index >= 15 is 0 Å². The van der Waals surface area contributed by atoms with Crippen LogP contribution in [0.1, 0.15) is 55.4 Å². The fourth-order valence-electron chi connectivity index (χ4n) is 5.03. The van der Waals surface area contributed by atoms with Crippen LogP contribution in [0.25, 0.3) is 0 Å². The molecule has 0 amide bonds. The van der Waals surface area contributed by atoms with Gasteiger partial charge in [0.25, 0.3) is 0 Å². The van der Waals surface area contributed by atoms with Gasteiger partial charge in [0.05, 0.1) is 6.61 Å². The first kappa shape index (κ1) is 43.5. The Balaban J connectivity index is 2.67. The van der Waals surface area contributed by atoms with E-state index in [9.17, 15) is 38.4 Å². The normalized spacial score (nSPS) is 28.2. The van der Waals surface area contributed by atoms with E-state index < -0.39 is 122 Å². The molecular weight excluding hydrogens is 704 g/mol. The highest BCUT2D eigenvalue weighted by molar-refractivity contribution is 5.86. The van der Waals surface area contributed by atoms with E-state index in [1.165, 1.54) is 6.92 Å². The Labute approximate surface area is 298 Å². The molecule has 20 heteroatoms. The molecule has 0 aromatic carbocycles. The summed E-state index contributed by atoms with van der Waals surface area (Å²) in [6, 6.07) is 0. The Morgan fingerprint density at radius 3 is 1.29 bits per heavy atom. The molecule has 0 N–H and O–H groups in total. The second kappa shape index (κ2) is 20.4. The number of hydrogen-bond acceptors (Lipinski definition) is 20.